The molecule has 0 spiro atoms. The molecule has 4 heterocycles. The highest BCUT2D eigenvalue weighted by atomic mass is 16.6. The predicted molar refractivity (Wildman–Crippen MR) is 117 cm³/mol. The zero-order valence-electron chi connectivity index (χ0n) is 17.8. The quantitative estimate of drug-likeness (QED) is 0.257. The van der Waals surface area contributed by atoms with Crippen molar-refractivity contribution in [1.29, 1.82) is 0 Å². The van der Waals surface area contributed by atoms with Crippen molar-refractivity contribution in [3.63, 3.8) is 0 Å². The van der Waals surface area contributed by atoms with E-state index in [1.165, 1.54) is 10.9 Å². The number of aromatic amines is 1. The minimum absolute atomic E-state index is 0.0471. The number of nitrogen functional groups attached to an aromatic ring is 1. The smallest absolute Gasteiger partial charge is 0.320 e. The van der Waals surface area contributed by atoms with E-state index in [-0.39, 0.29) is 24.1 Å². The summed E-state index contributed by atoms with van der Waals surface area (Å²) in [6.07, 6.45) is -0.552. The van der Waals surface area contributed by atoms with Gasteiger partial charge >= 0.3 is 6.01 Å². The summed E-state index contributed by atoms with van der Waals surface area (Å²) in [5.41, 5.74) is 8.68. The molecule has 5 rings (SSSR count). The molecule has 4 unspecified atom stereocenters. The van der Waals surface area contributed by atoms with Gasteiger partial charge in [0.05, 0.1) is 26.7 Å². The topological polar surface area (TPSA) is 174 Å². The summed E-state index contributed by atoms with van der Waals surface area (Å²) in [6, 6.07) is 5.85. The number of nitrogens with two attached hydrogens (primary N) is 1. The number of aliphatic hydroxyl groups excluding tert-OH is 3. The van der Waals surface area contributed by atoms with Gasteiger partial charge in [-0.05, 0) is 23.8 Å². The van der Waals surface area contributed by atoms with Crippen LogP contribution in [-0.2, 0) is 11.2 Å². The van der Waals surface area contributed by atoms with Crippen LogP contribution in [0.3, 0.4) is 0 Å². The van der Waals surface area contributed by atoms with Crippen molar-refractivity contribution in [1.82, 2.24) is 24.5 Å². The van der Waals surface area contributed by atoms with Crippen molar-refractivity contribution in [2.45, 2.75) is 31.0 Å². The second-order valence-corrected chi connectivity index (χ2v) is 7.77. The van der Waals surface area contributed by atoms with Gasteiger partial charge in [-0.2, -0.15) is 9.97 Å². The summed E-state index contributed by atoms with van der Waals surface area (Å²) in [5, 5.41) is 30.8. The largest absolute Gasteiger partial charge is 0.497 e. The van der Waals surface area contributed by atoms with Crippen molar-refractivity contribution in [3.05, 3.63) is 36.3 Å². The Morgan fingerprint density at radius 3 is 2.85 bits per heavy atom. The Morgan fingerprint density at radius 1 is 1.24 bits per heavy atom. The Morgan fingerprint density at radius 2 is 2.09 bits per heavy atom. The zero-order chi connectivity index (χ0) is 23.1. The first kappa shape index (κ1) is 21.4. The number of benzene rings is 1. The van der Waals surface area contributed by atoms with Crippen molar-refractivity contribution < 1.29 is 29.5 Å². The van der Waals surface area contributed by atoms with Gasteiger partial charge in [-0.3, -0.25) is 4.57 Å². The van der Waals surface area contributed by atoms with Crippen molar-refractivity contribution >= 4 is 27.9 Å². The summed E-state index contributed by atoms with van der Waals surface area (Å²) >= 11 is 0. The van der Waals surface area contributed by atoms with Gasteiger partial charge in [0.25, 0.3) is 0 Å². The van der Waals surface area contributed by atoms with Gasteiger partial charge in [0.2, 0.25) is 0 Å². The van der Waals surface area contributed by atoms with Crippen LogP contribution in [0.1, 0.15) is 11.8 Å². The molecule has 3 aromatic heterocycles. The van der Waals surface area contributed by atoms with Gasteiger partial charge < -0.3 is 40.2 Å². The number of hydrogen-bond donors (Lipinski definition) is 5. The first-order valence-electron chi connectivity index (χ1n) is 10.4. The van der Waals surface area contributed by atoms with Crippen LogP contribution < -0.4 is 15.2 Å². The fraction of sp³-hybridized carbons (Fsp3) is 0.381. The number of hydrogen-bond acceptors (Lipinski definition) is 10. The number of methoxy groups -OCH3 is 1. The molecule has 1 saturated heterocycles. The normalized spacial score (nSPS) is 22.9. The van der Waals surface area contributed by atoms with Gasteiger partial charge in [-0.1, -0.05) is 0 Å². The first-order chi connectivity index (χ1) is 16.0. The summed E-state index contributed by atoms with van der Waals surface area (Å²) in [6.45, 7) is -0.149. The highest BCUT2D eigenvalue weighted by Gasteiger charge is 2.44. The Labute approximate surface area is 187 Å². The maximum Gasteiger partial charge on any atom is 0.320 e. The Balaban J connectivity index is 1.36. The zero-order valence-corrected chi connectivity index (χ0v) is 17.8. The standard InChI is InChI=1S/C21H24N6O6/c1-31-11-2-3-13-12(6-11)10(7-23-13)4-5-32-21-25-18(22)15-19(26-21)27(9-24-15)20-17(30)16(29)14(8-28)33-20/h2-3,6-7,9,14,16-17,20,23,28-30H,4-5,8H2,1H3,(H2,22,25,26). The fourth-order valence-electron chi connectivity index (χ4n) is 4.02. The molecule has 1 aliphatic rings. The number of anilines is 1. The molecule has 4 aromatic rings. The molecular weight excluding hydrogens is 432 g/mol. The summed E-state index contributed by atoms with van der Waals surface area (Å²) in [5.74, 6) is 0.876. The number of aliphatic hydroxyl groups is 3. The summed E-state index contributed by atoms with van der Waals surface area (Å²) < 4.78 is 18.1. The van der Waals surface area contributed by atoms with E-state index in [0.29, 0.717) is 11.9 Å². The lowest BCUT2D eigenvalue weighted by atomic mass is 10.1. The number of fused-ring (bicyclic) bond motifs is 2. The van der Waals surface area contributed by atoms with E-state index in [1.54, 1.807) is 7.11 Å². The van der Waals surface area contributed by atoms with Crippen LogP contribution >= 0.6 is 0 Å². The Kier molecular flexibility index (Phi) is 5.50. The molecular formula is C21H24N6O6. The number of imidazole rings is 1. The van der Waals surface area contributed by atoms with Crippen LogP contribution in [0.25, 0.3) is 22.1 Å². The van der Waals surface area contributed by atoms with Crippen molar-refractivity contribution in [2.24, 2.45) is 0 Å². The lowest BCUT2D eigenvalue weighted by Gasteiger charge is -2.16. The molecule has 0 radical (unpaired) electrons. The molecule has 0 bridgehead atoms. The number of nitrogens with zero attached hydrogens (tertiary/aromatic N) is 4. The van der Waals surface area contributed by atoms with E-state index in [4.69, 9.17) is 19.9 Å². The van der Waals surface area contributed by atoms with Crippen molar-refractivity contribution in [2.75, 3.05) is 26.1 Å². The number of rotatable bonds is 7. The van der Waals surface area contributed by atoms with Crippen LogP contribution in [0.2, 0.25) is 0 Å². The van der Waals surface area contributed by atoms with Gasteiger partial charge in [0.15, 0.2) is 23.2 Å². The number of nitrogens with one attached hydrogen (secondary N) is 1. The molecule has 0 aliphatic carbocycles. The van der Waals surface area contributed by atoms with E-state index in [9.17, 15) is 15.3 Å². The monoisotopic (exact) mass is 456 g/mol. The average Bonchev–Trinajstić information content (AvgIpc) is 3.50. The molecule has 12 heteroatoms. The molecule has 1 fully saturated rings. The molecule has 6 N–H and O–H groups in total. The number of ether oxygens (including phenoxy) is 3. The minimum atomic E-state index is -1.28. The molecule has 0 saturated carbocycles. The van der Waals surface area contributed by atoms with E-state index in [0.717, 1.165) is 22.2 Å². The van der Waals surface area contributed by atoms with Gasteiger partial charge in [-0.25, -0.2) is 4.98 Å². The molecule has 174 valence electrons. The lowest BCUT2D eigenvalue weighted by Crippen LogP contribution is -2.33. The van der Waals surface area contributed by atoms with Crippen LogP contribution in [-0.4, -0.2) is 78.5 Å². The lowest BCUT2D eigenvalue weighted by molar-refractivity contribution is -0.0511. The second-order valence-electron chi connectivity index (χ2n) is 7.77. The van der Waals surface area contributed by atoms with Crippen LogP contribution in [0.5, 0.6) is 11.8 Å². The van der Waals surface area contributed by atoms with Crippen LogP contribution in [0.15, 0.2) is 30.7 Å². The third-order valence-corrected chi connectivity index (χ3v) is 5.80. The van der Waals surface area contributed by atoms with E-state index in [2.05, 4.69) is 19.9 Å². The maximum absolute atomic E-state index is 10.3. The van der Waals surface area contributed by atoms with Gasteiger partial charge in [0.1, 0.15) is 24.1 Å². The third kappa shape index (κ3) is 3.72. The summed E-state index contributed by atoms with van der Waals surface area (Å²) in [4.78, 5) is 16.0. The number of aromatic nitrogens is 5. The van der Waals surface area contributed by atoms with Crippen molar-refractivity contribution in [3.8, 4) is 11.8 Å². The summed E-state index contributed by atoms with van der Waals surface area (Å²) in [7, 11) is 1.62. The highest BCUT2D eigenvalue weighted by Crippen LogP contribution is 2.32. The van der Waals surface area contributed by atoms with E-state index < -0.39 is 31.1 Å². The van der Waals surface area contributed by atoms with Crippen LogP contribution in [0.4, 0.5) is 5.82 Å². The van der Waals surface area contributed by atoms with E-state index in [1.807, 2.05) is 24.4 Å². The first-order valence-corrected chi connectivity index (χ1v) is 10.4. The maximum atomic E-state index is 10.3. The van der Waals surface area contributed by atoms with Gasteiger partial charge in [-0.15, -0.1) is 0 Å². The predicted octanol–water partition coefficient (Wildman–Crippen LogP) is 0.131. The molecule has 0 amide bonds. The molecule has 33 heavy (non-hydrogen) atoms. The number of H-pyrrole nitrogens is 1. The van der Waals surface area contributed by atoms with Gasteiger partial charge in [0, 0.05) is 23.5 Å². The average molecular weight is 456 g/mol. The highest BCUT2D eigenvalue weighted by molar-refractivity contribution is 5.84. The Bertz CT molecular complexity index is 1290. The fourth-order valence-corrected chi connectivity index (χ4v) is 4.02. The second kappa shape index (κ2) is 8.48. The molecule has 1 aliphatic heterocycles. The minimum Gasteiger partial charge on any atom is -0.497 e. The molecule has 12 nitrogen and oxygen atoms in total. The Hall–Kier alpha value is -3.45. The molecule has 1 aromatic carbocycles. The van der Waals surface area contributed by atoms with E-state index >= 15 is 0 Å². The SMILES string of the molecule is COc1ccc2[nH]cc(CCOc3nc(N)c4ncn(C5OC(CO)C(O)C5O)c4n3)c2c1. The molecule has 4 atom stereocenters. The third-order valence-electron chi connectivity index (χ3n) is 5.80. The van der Waals surface area contributed by atoms with Crippen LogP contribution in [0, 0.1) is 0 Å².